The van der Waals surface area contributed by atoms with Crippen LogP contribution in [-0.2, 0) is 44.8 Å². The molecular weight excluding hydrogens is 921 g/mol. The number of fused-ring (bicyclic) bond motifs is 1. The van der Waals surface area contributed by atoms with E-state index in [1.807, 2.05) is 0 Å². The van der Waals surface area contributed by atoms with Crippen molar-refractivity contribution in [3.8, 4) is 24.0 Å². The quantitative estimate of drug-likeness (QED) is 0.0257. The molecule has 4 aromatic rings. The summed E-state index contributed by atoms with van der Waals surface area (Å²) in [6, 6.07) is 20.8. The van der Waals surface area contributed by atoms with Crippen LogP contribution >= 0.6 is 19.4 Å². The lowest BCUT2D eigenvalue weighted by Crippen LogP contribution is -2.43. The number of rotatable bonds is 33. The molecule has 0 amide bonds. The van der Waals surface area contributed by atoms with E-state index < -0.39 is 44.1 Å². The molecule has 1 saturated heterocycles. The van der Waals surface area contributed by atoms with Gasteiger partial charge in [-0.05, 0) is 68.3 Å². The van der Waals surface area contributed by atoms with E-state index in [2.05, 4.69) is 35.2 Å². The molecule has 3 heterocycles. The van der Waals surface area contributed by atoms with E-state index in [9.17, 15) is 25.5 Å². The summed E-state index contributed by atoms with van der Waals surface area (Å²) in [5.74, 6) is -1.49. The molecule has 2 aromatic carbocycles. The molecule has 374 valence electrons. The minimum Gasteiger partial charge on any atom is -0.402 e. The lowest BCUT2D eigenvalue weighted by molar-refractivity contribution is -0.226. The molecule has 5 atom stereocenters. The van der Waals surface area contributed by atoms with Crippen molar-refractivity contribution in [3.63, 3.8) is 0 Å². The number of unbranched alkanes of at least 4 members (excludes halogenated alkanes) is 15. The number of hydrogen-bond acceptors (Lipinski definition) is 15. The van der Waals surface area contributed by atoms with Gasteiger partial charge in [0.2, 0.25) is 5.60 Å². The number of benzene rings is 2. The predicted octanol–water partition coefficient (Wildman–Crippen LogP) is 11.4. The van der Waals surface area contributed by atoms with Crippen molar-refractivity contribution in [2.75, 3.05) is 32.2 Å². The van der Waals surface area contributed by atoms with Crippen LogP contribution in [0.15, 0.2) is 60.9 Å². The summed E-state index contributed by atoms with van der Waals surface area (Å²) in [6.45, 7) is 4.87. The Balaban J connectivity index is 1.21. The van der Waals surface area contributed by atoms with Crippen LogP contribution in [0.5, 0.6) is 5.75 Å². The summed E-state index contributed by atoms with van der Waals surface area (Å²) in [5, 5.41) is 45.1. The smallest absolute Gasteiger partial charge is 0.402 e. The second kappa shape index (κ2) is 28.3. The van der Waals surface area contributed by atoms with Crippen LogP contribution in [0.3, 0.4) is 0 Å². The van der Waals surface area contributed by atoms with Gasteiger partial charge in [-0.3, -0.25) is 9.05 Å². The maximum atomic E-state index is 14.7. The van der Waals surface area contributed by atoms with Gasteiger partial charge in [-0.25, -0.2) is 14.1 Å². The molecule has 2 aromatic heterocycles. The average molecular weight is 991 g/mol. The van der Waals surface area contributed by atoms with Gasteiger partial charge in [-0.2, -0.15) is 20.9 Å². The maximum absolute atomic E-state index is 14.7. The van der Waals surface area contributed by atoms with Crippen LogP contribution in [0.4, 0.5) is 5.82 Å². The molecule has 16 nitrogen and oxygen atoms in total. The first-order chi connectivity index (χ1) is 33.3. The molecule has 0 bridgehead atoms. The lowest BCUT2D eigenvalue weighted by atomic mass is 9.93. The lowest BCUT2D eigenvalue weighted by Gasteiger charge is -2.31. The minimum absolute atomic E-state index is 0.00280. The van der Waals surface area contributed by atoms with Crippen molar-refractivity contribution in [2.24, 2.45) is 0 Å². The fourth-order valence-electron chi connectivity index (χ4n) is 8.30. The van der Waals surface area contributed by atoms with Crippen LogP contribution in [-0.4, -0.2) is 70.2 Å². The summed E-state index contributed by atoms with van der Waals surface area (Å²) in [6.07, 6.45) is 18.6. The molecule has 0 spiro atoms. The SMILES string of the molecule is CCCCCCCCCCCCCCCCCCOC[C@H](COP(=O)(OC[C@@H]1C[C@@H](OC(C)(C)O)[C@](C#N)(c2ccc3c(N)ncnn23)O1)Oc1ccccc1Cl)OCc1cc(C#N)cc(C#N)c1. The van der Waals surface area contributed by atoms with Crippen molar-refractivity contribution >= 4 is 30.8 Å². The number of ether oxygens (including phenoxy) is 4. The number of nitrogen functional groups attached to an aromatic ring is 1. The van der Waals surface area contributed by atoms with Gasteiger partial charge in [0.1, 0.15) is 35.9 Å². The highest BCUT2D eigenvalue weighted by Crippen LogP contribution is 2.52. The molecule has 1 fully saturated rings. The number of aromatic nitrogens is 3. The van der Waals surface area contributed by atoms with E-state index in [1.165, 1.54) is 120 Å². The van der Waals surface area contributed by atoms with Gasteiger partial charge in [0.15, 0.2) is 11.6 Å². The second-order valence-corrected chi connectivity index (χ2v) is 20.1. The fraction of sp³-hybridized carbons (Fsp3) is 0.588. The van der Waals surface area contributed by atoms with Gasteiger partial charge in [0, 0.05) is 13.0 Å². The first-order valence-electron chi connectivity index (χ1n) is 24.4. The zero-order valence-corrected chi connectivity index (χ0v) is 42.0. The Bertz CT molecular complexity index is 2350. The van der Waals surface area contributed by atoms with Gasteiger partial charge in [-0.15, -0.1) is 0 Å². The van der Waals surface area contributed by atoms with E-state index in [1.54, 1.807) is 42.5 Å². The number of nitrogens with zero attached hydrogens (tertiary/aromatic N) is 6. The average Bonchev–Trinajstić information content (AvgIpc) is 3.93. The molecule has 0 radical (unpaired) electrons. The molecule has 3 N–H and O–H groups in total. The van der Waals surface area contributed by atoms with Crippen LogP contribution in [0.25, 0.3) is 5.52 Å². The van der Waals surface area contributed by atoms with Gasteiger partial charge < -0.3 is 34.3 Å². The van der Waals surface area contributed by atoms with Gasteiger partial charge in [0.25, 0.3) is 0 Å². The molecule has 5 rings (SSSR count). The molecular formula is C51H69ClN7O9P. The normalized spacial score (nSPS) is 18.3. The monoisotopic (exact) mass is 989 g/mol. The third-order valence-electron chi connectivity index (χ3n) is 11.8. The van der Waals surface area contributed by atoms with E-state index in [-0.39, 0.29) is 48.5 Å². The van der Waals surface area contributed by atoms with Crippen molar-refractivity contribution in [1.29, 1.82) is 15.8 Å². The number of nitriles is 3. The van der Waals surface area contributed by atoms with Gasteiger partial charge in [-0.1, -0.05) is 127 Å². The number of hydrogen-bond donors (Lipinski definition) is 2. The van der Waals surface area contributed by atoms with Crippen molar-refractivity contribution in [1.82, 2.24) is 14.6 Å². The molecule has 69 heavy (non-hydrogen) atoms. The Morgan fingerprint density at radius 1 is 0.899 bits per heavy atom. The van der Waals surface area contributed by atoms with Crippen molar-refractivity contribution in [3.05, 3.63) is 88.3 Å². The first kappa shape index (κ1) is 55.3. The largest absolute Gasteiger partial charge is 0.530 e. The fourth-order valence-corrected chi connectivity index (χ4v) is 9.80. The van der Waals surface area contributed by atoms with E-state index in [0.717, 1.165) is 19.3 Å². The summed E-state index contributed by atoms with van der Waals surface area (Å²) in [7, 11) is -4.59. The highest BCUT2D eigenvalue weighted by atomic mass is 35.5. The van der Waals surface area contributed by atoms with Gasteiger partial charge in [0.05, 0.1) is 66.5 Å². The molecule has 0 saturated carbocycles. The number of phosphoric acid groups is 1. The highest BCUT2D eigenvalue weighted by Gasteiger charge is 2.55. The minimum atomic E-state index is -4.59. The van der Waals surface area contributed by atoms with Crippen LogP contribution in [0.1, 0.15) is 152 Å². The third-order valence-corrected chi connectivity index (χ3v) is 13.5. The number of aliphatic hydroxyl groups is 1. The van der Waals surface area contributed by atoms with Crippen LogP contribution < -0.4 is 10.3 Å². The van der Waals surface area contributed by atoms with E-state index >= 15 is 0 Å². The molecule has 1 aliphatic heterocycles. The van der Waals surface area contributed by atoms with Crippen molar-refractivity contribution < 1.29 is 42.2 Å². The maximum Gasteiger partial charge on any atom is 0.530 e. The summed E-state index contributed by atoms with van der Waals surface area (Å²) in [4.78, 5) is 4.03. The number of halogens is 1. The van der Waals surface area contributed by atoms with Crippen LogP contribution in [0, 0.1) is 34.0 Å². The first-order valence-corrected chi connectivity index (χ1v) is 26.2. The standard InChI is InChI=1S/C51H69ClN7O9P/c1-4-5-6-7-8-9-10-11-12-13-14-15-16-17-18-21-26-62-34-43(63-33-41-28-39(31-53)27-40(29-41)32-54)36-65-69(61,68-46-23-20-19-22-44(46)52)64-35-42-30-48(67-50(2,3)60)51(37-55,66-42)47-25-24-45-49(56)57-38-58-59(45)47/h19-20,22-25,27-29,38,42-43,48,60H,4-18,21,26,30,33-36H2,1-3H3,(H2,56,57,58)/t42-,43+,48+,51-,69?/m0/s1. The zero-order chi connectivity index (χ0) is 49.5. The Hall–Kier alpha value is -4.63. The summed E-state index contributed by atoms with van der Waals surface area (Å²) < 4.78 is 58.9. The number of nitrogens with two attached hydrogens (primary N) is 1. The molecule has 1 aliphatic rings. The Morgan fingerprint density at radius 3 is 2.12 bits per heavy atom. The Kier molecular flexibility index (Phi) is 22.7. The molecule has 18 heteroatoms. The highest BCUT2D eigenvalue weighted by molar-refractivity contribution is 7.48. The predicted molar refractivity (Wildman–Crippen MR) is 262 cm³/mol. The summed E-state index contributed by atoms with van der Waals surface area (Å²) in [5.41, 5.74) is 6.13. The van der Waals surface area contributed by atoms with Crippen molar-refractivity contribution in [2.45, 2.75) is 166 Å². The molecule has 1 unspecified atom stereocenters. The van der Waals surface area contributed by atoms with Gasteiger partial charge >= 0.3 is 7.82 Å². The van der Waals surface area contributed by atoms with E-state index in [0.29, 0.717) is 28.8 Å². The number of anilines is 1. The third kappa shape index (κ3) is 17.6. The number of phosphoric ester groups is 1. The topological polar surface area (TPSA) is 229 Å². The molecule has 0 aliphatic carbocycles. The zero-order valence-electron chi connectivity index (χ0n) is 40.4. The Labute approximate surface area is 412 Å². The van der Waals surface area contributed by atoms with Crippen LogP contribution in [0.2, 0.25) is 5.02 Å². The number of para-hydroxylation sites is 1. The van der Waals surface area contributed by atoms with E-state index in [4.69, 9.17) is 49.9 Å². The second-order valence-electron chi connectivity index (χ2n) is 18.1. The summed E-state index contributed by atoms with van der Waals surface area (Å²) >= 11 is 6.46. The Morgan fingerprint density at radius 2 is 1.52 bits per heavy atom.